The van der Waals surface area contributed by atoms with Gasteiger partial charge < -0.3 is 16.0 Å². The summed E-state index contributed by atoms with van der Waals surface area (Å²) in [6.07, 6.45) is 2.26. The zero-order valence-electron chi connectivity index (χ0n) is 11.4. The van der Waals surface area contributed by atoms with Gasteiger partial charge in [-0.3, -0.25) is 0 Å². The molecule has 2 amide bonds. The van der Waals surface area contributed by atoms with Crippen molar-refractivity contribution in [1.82, 2.24) is 4.90 Å². The minimum Gasteiger partial charge on any atom is -0.397 e. The third-order valence-electron chi connectivity index (χ3n) is 3.44. The zero-order valence-corrected chi connectivity index (χ0v) is 13.0. The number of benzene rings is 1. The Labute approximate surface area is 122 Å². The van der Waals surface area contributed by atoms with Crippen molar-refractivity contribution in [3.8, 4) is 0 Å². The molecule has 5 heteroatoms. The maximum absolute atomic E-state index is 12.2. The topological polar surface area (TPSA) is 58.4 Å². The molecule has 0 aromatic heterocycles. The molecule has 1 fully saturated rings. The Bertz CT molecular complexity index is 467. The first-order chi connectivity index (χ1) is 8.97. The van der Waals surface area contributed by atoms with E-state index in [0.717, 1.165) is 29.5 Å². The highest BCUT2D eigenvalue weighted by Crippen LogP contribution is 2.30. The molecule has 1 saturated heterocycles. The lowest BCUT2D eigenvalue weighted by molar-refractivity contribution is 0.182. The molecule has 0 bridgehead atoms. The number of nitrogens with zero attached hydrogens (tertiary/aromatic N) is 1. The average Bonchev–Trinajstić information content (AvgIpc) is 2.33. The van der Waals surface area contributed by atoms with Crippen LogP contribution in [0.2, 0.25) is 0 Å². The molecule has 0 spiro atoms. The van der Waals surface area contributed by atoms with Crippen molar-refractivity contribution in [3.63, 3.8) is 0 Å². The third-order valence-corrected chi connectivity index (χ3v) is 4.07. The number of nitrogens with two attached hydrogens (primary N) is 1. The first kappa shape index (κ1) is 14.2. The van der Waals surface area contributed by atoms with Crippen LogP contribution in [0.25, 0.3) is 0 Å². The standard InChI is InChI=1S/C14H20BrN3O/c1-9-4-3-5-18(8-9)14(19)17-13-11(15)6-10(2)7-12(13)16/h6-7,9H,3-5,8,16H2,1-2H3,(H,17,19). The third kappa shape index (κ3) is 3.41. The van der Waals surface area contributed by atoms with Crippen LogP contribution >= 0.6 is 15.9 Å². The van der Waals surface area contributed by atoms with Gasteiger partial charge in [-0.1, -0.05) is 6.92 Å². The molecule has 3 N–H and O–H groups in total. The molecule has 104 valence electrons. The number of nitrogen functional groups attached to an aromatic ring is 1. The number of anilines is 2. The van der Waals surface area contributed by atoms with Crippen LogP contribution in [0.5, 0.6) is 0 Å². The molecule has 0 saturated carbocycles. The smallest absolute Gasteiger partial charge is 0.321 e. The van der Waals surface area contributed by atoms with Crippen LogP contribution in [0.3, 0.4) is 0 Å². The van der Waals surface area contributed by atoms with E-state index >= 15 is 0 Å². The van der Waals surface area contributed by atoms with Crippen molar-refractivity contribution >= 4 is 33.3 Å². The maximum Gasteiger partial charge on any atom is 0.321 e. The van der Waals surface area contributed by atoms with Gasteiger partial charge in [-0.05, 0) is 59.3 Å². The first-order valence-electron chi connectivity index (χ1n) is 6.59. The lowest BCUT2D eigenvalue weighted by Crippen LogP contribution is -2.41. The molecule has 1 heterocycles. The second kappa shape index (κ2) is 5.82. The number of rotatable bonds is 1. The summed E-state index contributed by atoms with van der Waals surface area (Å²) in [4.78, 5) is 14.1. The predicted octanol–water partition coefficient (Wildman–Crippen LogP) is 3.60. The highest BCUT2D eigenvalue weighted by Gasteiger charge is 2.22. The number of likely N-dealkylation sites (tertiary alicyclic amines) is 1. The zero-order chi connectivity index (χ0) is 14.0. The van der Waals surface area contributed by atoms with Crippen LogP contribution in [0, 0.1) is 12.8 Å². The summed E-state index contributed by atoms with van der Waals surface area (Å²) in [5, 5.41) is 2.91. The number of carbonyl (C=O) groups excluding carboxylic acids is 1. The summed E-state index contributed by atoms with van der Waals surface area (Å²) in [5.74, 6) is 0.568. The summed E-state index contributed by atoms with van der Waals surface area (Å²) < 4.78 is 0.823. The molecular weight excluding hydrogens is 306 g/mol. The molecule has 1 aromatic carbocycles. The SMILES string of the molecule is Cc1cc(N)c(NC(=O)N2CCCC(C)C2)c(Br)c1. The van der Waals surface area contributed by atoms with Crippen LogP contribution in [0.15, 0.2) is 16.6 Å². The van der Waals surface area contributed by atoms with Crippen molar-refractivity contribution < 1.29 is 4.79 Å². The van der Waals surface area contributed by atoms with E-state index in [-0.39, 0.29) is 6.03 Å². The van der Waals surface area contributed by atoms with Crippen molar-refractivity contribution in [3.05, 3.63) is 22.2 Å². The van der Waals surface area contributed by atoms with Gasteiger partial charge in [-0.15, -0.1) is 0 Å². The normalized spacial score (nSPS) is 19.3. The molecule has 4 nitrogen and oxygen atoms in total. The van der Waals surface area contributed by atoms with E-state index in [1.165, 1.54) is 6.42 Å². The average molecular weight is 326 g/mol. The molecule has 1 atom stereocenters. The van der Waals surface area contributed by atoms with E-state index in [9.17, 15) is 4.79 Å². The highest BCUT2D eigenvalue weighted by atomic mass is 79.9. The lowest BCUT2D eigenvalue weighted by Gasteiger charge is -2.31. The van der Waals surface area contributed by atoms with E-state index < -0.39 is 0 Å². The molecule has 1 unspecified atom stereocenters. The van der Waals surface area contributed by atoms with Crippen molar-refractivity contribution in [2.45, 2.75) is 26.7 Å². The number of aryl methyl sites for hydroxylation is 1. The van der Waals surface area contributed by atoms with E-state index in [2.05, 4.69) is 28.2 Å². The van der Waals surface area contributed by atoms with Crippen LogP contribution in [-0.4, -0.2) is 24.0 Å². The second-order valence-corrected chi connectivity index (χ2v) is 6.19. The molecule has 1 aliphatic heterocycles. The Hall–Kier alpha value is -1.23. The minimum atomic E-state index is -0.0668. The number of carbonyl (C=O) groups is 1. The monoisotopic (exact) mass is 325 g/mol. The van der Waals surface area contributed by atoms with Crippen molar-refractivity contribution in [2.24, 2.45) is 5.92 Å². The molecule has 1 aromatic rings. The molecule has 0 aliphatic carbocycles. The molecular formula is C14H20BrN3O. The molecule has 2 rings (SSSR count). The summed E-state index contributed by atoms with van der Waals surface area (Å²) in [5.41, 5.74) is 8.28. The number of amides is 2. The fraction of sp³-hybridized carbons (Fsp3) is 0.500. The van der Waals surface area contributed by atoms with Crippen LogP contribution in [0.1, 0.15) is 25.3 Å². The van der Waals surface area contributed by atoms with Crippen LogP contribution in [-0.2, 0) is 0 Å². The quantitative estimate of drug-likeness (QED) is 0.775. The summed E-state index contributed by atoms with van der Waals surface area (Å²) in [6, 6.07) is 3.74. The van der Waals surface area contributed by atoms with E-state index in [1.807, 2.05) is 24.0 Å². The Morgan fingerprint density at radius 2 is 2.26 bits per heavy atom. The van der Waals surface area contributed by atoms with E-state index in [4.69, 9.17) is 5.73 Å². The van der Waals surface area contributed by atoms with E-state index in [1.54, 1.807) is 0 Å². The number of piperidine rings is 1. The second-order valence-electron chi connectivity index (χ2n) is 5.33. The Balaban J connectivity index is 2.10. The molecule has 0 radical (unpaired) electrons. The predicted molar refractivity (Wildman–Crippen MR) is 82.3 cm³/mol. The van der Waals surface area contributed by atoms with Gasteiger partial charge in [0.15, 0.2) is 0 Å². The molecule has 1 aliphatic rings. The Morgan fingerprint density at radius 3 is 2.89 bits per heavy atom. The van der Waals surface area contributed by atoms with Gasteiger partial charge in [0.2, 0.25) is 0 Å². The fourth-order valence-electron chi connectivity index (χ4n) is 2.46. The number of urea groups is 1. The van der Waals surface area contributed by atoms with Crippen LogP contribution in [0.4, 0.5) is 16.2 Å². The number of hydrogen-bond acceptors (Lipinski definition) is 2. The summed E-state index contributed by atoms with van der Waals surface area (Å²) in [6.45, 7) is 5.78. The Kier molecular flexibility index (Phi) is 4.34. The van der Waals surface area contributed by atoms with Crippen molar-refractivity contribution in [1.29, 1.82) is 0 Å². The maximum atomic E-state index is 12.2. The number of halogens is 1. The van der Waals surface area contributed by atoms with Gasteiger partial charge in [0.25, 0.3) is 0 Å². The molecule has 19 heavy (non-hydrogen) atoms. The minimum absolute atomic E-state index is 0.0668. The highest BCUT2D eigenvalue weighted by molar-refractivity contribution is 9.10. The lowest BCUT2D eigenvalue weighted by atomic mass is 10.0. The van der Waals surface area contributed by atoms with Gasteiger partial charge in [0.1, 0.15) is 0 Å². The summed E-state index contributed by atoms with van der Waals surface area (Å²) >= 11 is 3.45. The van der Waals surface area contributed by atoms with Crippen LogP contribution < -0.4 is 11.1 Å². The van der Waals surface area contributed by atoms with Gasteiger partial charge in [-0.2, -0.15) is 0 Å². The van der Waals surface area contributed by atoms with Gasteiger partial charge in [0.05, 0.1) is 11.4 Å². The largest absolute Gasteiger partial charge is 0.397 e. The summed E-state index contributed by atoms with van der Waals surface area (Å²) in [7, 11) is 0. The van der Waals surface area contributed by atoms with Gasteiger partial charge >= 0.3 is 6.03 Å². The first-order valence-corrected chi connectivity index (χ1v) is 7.38. The van der Waals surface area contributed by atoms with Gasteiger partial charge in [-0.25, -0.2) is 4.79 Å². The van der Waals surface area contributed by atoms with Crippen molar-refractivity contribution in [2.75, 3.05) is 24.1 Å². The fourth-order valence-corrected chi connectivity index (χ4v) is 3.15. The van der Waals surface area contributed by atoms with E-state index in [0.29, 0.717) is 17.3 Å². The number of hydrogen-bond donors (Lipinski definition) is 2. The Morgan fingerprint density at radius 1 is 1.53 bits per heavy atom. The number of nitrogens with one attached hydrogen (secondary N) is 1. The van der Waals surface area contributed by atoms with Gasteiger partial charge in [0, 0.05) is 17.6 Å².